The van der Waals surface area contributed by atoms with Gasteiger partial charge in [-0.1, -0.05) is 47.5 Å². The lowest BCUT2D eigenvalue weighted by molar-refractivity contribution is -0.120. The first-order valence-corrected chi connectivity index (χ1v) is 8.15. The average Bonchev–Trinajstić information content (AvgIpc) is 2.55. The molecule has 0 fully saturated rings. The maximum absolute atomic E-state index is 12.1. The van der Waals surface area contributed by atoms with Gasteiger partial charge in [0.25, 0.3) is 5.91 Å². The molecule has 0 spiro atoms. The molecule has 4 nitrogen and oxygen atoms in total. The molecule has 0 aliphatic rings. The fraction of sp³-hybridized carbons (Fsp3) is 0.263. The highest BCUT2D eigenvalue weighted by Gasteiger charge is 2.14. The first-order chi connectivity index (χ1) is 11.4. The predicted octanol–water partition coefficient (Wildman–Crippen LogP) is 3.56. The molecule has 0 heterocycles. The van der Waals surface area contributed by atoms with E-state index in [1.165, 1.54) is 0 Å². The van der Waals surface area contributed by atoms with E-state index in [-0.39, 0.29) is 24.4 Å². The van der Waals surface area contributed by atoms with Crippen LogP contribution in [0.2, 0.25) is 5.02 Å². The van der Waals surface area contributed by atoms with Gasteiger partial charge in [0.1, 0.15) is 0 Å². The first kappa shape index (κ1) is 18.0. The second-order valence-corrected chi connectivity index (χ2v) is 6.22. The number of carbonyl (C=O) groups is 2. The fourth-order valence-electron chi connectivity index (χ4n) is 2.50. The quantitative estimate of drug-likeness (QED) is 0.871. The van der Waals surface area contributed by atoms with Crippen LogP contribution in [-0.4, -0.2) is 18.4 Å². The molecule has 1 unspecified atom stereocenters. The van der Waals surface area contributed by atoms with Gasteiger partial charge in [-0.25, -0.2) is 0 Å². The Kier molecular flexibility index (Phi) is 5.99. The lowest BCUT2D eigenvalue weighted by atomic mass is 10.00. The lowest BCUT2D eigenvalue weighted by Gasteiger charge is -2.17. The maximum atomic E-state index is 12.1. The van der Waals surface area contributed by atoms with Crippen LogP contribution in [0.25, 0.3) is 0 Å². The Morgan fingerprint density at radius 2 is 1.83 bits per heavy atom. The molecule has 1 atom stereocenters. The highest BCUT2D eigenvalue weighted by Crippen LogP contribution is 2.18. The summed E-state index contributed by atoms with van der Waals surface area (Å²) in [5, 5.41) is 5.85. The van der Waals surface area contributed by atoms with Gasteiger partial charge in [-0.2, -0.15) is 0 Å². The molecular formula is C19H21ClN2O2. The van der Waals surface area contributed by atoms with E-state index >= 15 is 0 Å². The van der Waals surface area contributed by atoms with Crippen molar-refractivity contribution in [1.82, 2.24) is 10.6 Å². The summed E-state index contributed by atoms with van der Waals surface area (Å²) in [7, 11) is 0. The zero-order valence-corrected chi connectivity index (χ0v) is 14.8. The van der Waals surface area contributed by atoms with Gasteiger partial charge in [0.2, 0.25) is 5.91 Å². The second-order valence-electron chi connectivity index (χ2n) is 5.81. The number of hydrogen-bond acceptors (Lipinski definition) is 2. The second kappa shape index (κ2) is 7.97. The van der Waals surface area contributed by atoms with Gasteiger partial charge in [-0.05, 0) is 44.0 Å². The van der Waals surface area contributed by atoms with Crippen LogP contribution in [-0.2, 0) is 4.79 Å². The molecule has 0 aromatic heterocycles. The lowest BCUT2D eigenvalue weighted by Crippen LogP contribution is -2.38. The third-order valence-electron chi connectivity index (χ3n) is 3.81. The zero-order chi connectivity index (χ0) is 17.7. The summed E-state index contributed by atoms with van der Waals surface area (Å²) in [5.41, 5.74) is 3.69. The van der Waals surface area contributed by atoms with Crippen molar-refractivity contribution >= 4 is 23.4 Å². The molecule has 2 aromatic carbocycles. The third-order valence-corrected chi connectivity index (χ3v) is 4.14. The molecule has 5 heteroatoms. The standard InChI is InChI=1S/C19H21ClN2O2/c1-12-8-9-13(2)16(10-12)14(3)22-18(23)11-21-19(24)15-6-4-5-7-17(15)20/h4-10,14H,11H2,1-3H3,(H,21,24)(H,22,23). The maximum Gasteiger partial charge on any atom is 0.253 e. The van der Waals surface area contributed by atoms with E-state index in [1.807, 2.05) is 32.9 Å². The van der Waals surface area contributed by atoms with Gasteiger partial charge in [0, 0.05) is 0 Å². The summed E-state index contributed by atoms with van der Waals surface area (Å²) in [6, 6.07) is 12.7. The number of carbonyl (C=O) groups excluding carboxylic acids is 2. The van der Waals surface area contributed by atoms with Crippen molar-refractivity contribution in [3.63, 3.8) is 0 Å². The molecule has 2 amide bonds. The van der Waals surface area contributed by atoms with E-state index in [2.05, 4.69) is 16.7 Å². The van der Waals surface area contributed by atoms with Gasteiger partial charge in [0.15, 0.2) is 0 Å². The van der Waals surface area contributed by atoms with Crippen molar-refractivity contribution in [1.29, 1.82) is 0 Å². The monoisotopic (exact) mass is 344 g/mol. The van der Waals surface area contributed by atoms with Gasteiger partial charge in [-0.15, -0.1) is 0 Å². The Labute approximate surface area is 147 Å². The van der Waals surface area contributed by atoms with Crippen LogP contribution in [0.3, 0.4) is 0 Å². The molecule has 0 aliphatic heterocycles. The van der Waals surface area contributed by atoms with Crippen molar-refractivity contribution in [2.24, 2.45) is 0 Å². The van der Waals surface area contributed by atoms with Gasteiger partial charge in [0.05, 0.1) is 23.2 Å². The molecule has 126 valence electrons. The van der Waals surface area contributed by atoms with Crippen molar-refractivity contribution in [2.75, 3.05) is 6.54 Å². The molecule has 0 bridgehead atoms. The molecule has 0 radical (unpaired) electrons. The van der Waals surface area contributed by atoms with Crippen molar-refractivity contribution in [2.45, 2.75) is 26.8 Å². The van der Waals surface area contributed by atoms with E-state index in [0.717, 1.165) is 16.7 Å². The van der Waals surface area contributed by atoms with Gasteiger partial charge in [-0.3, -0.25) is 9.59 Å². The number of halogens is 1. The summed E-state index contributed by atoms with van der Waals surface area (Å²) in [4.78, 5) is 24.1. The number of nitrogens with one attached hydrogen (secondary N) is 2. The Balaban J connectivity index is 1.92. The first-order valence-electron chi connectivity index (χ1n) is 7.77. The third kappa shape index (κ3) is 4.59. The van der Waals surface area contributed by atoms with Crippen LogP contribution in [0.15, 0.2) is 42.5 Å². The Hall–Kier alpha value is -2.33. The number of rotatable bonds is 5. The largest absolute Gasteiger partial charge is 0.348 e. The van der Waals surface area contributed by atoms with Crippen LogP contribution in [0.5, 0.6) is 0 Å². The summed E-state index contributed by atoms with van der Waals surface area (Å²) in [6.07, 6.45) is 0. The molecule has 2 rings (SSSR count). The van der Waals surface area contributed by atoms with Crippen LogP contribution in [0, 0.1) is 13.8 Å². The van der Waals surface area contributed by atoms with E-state index in [9.17, 15) is 9.59 Å². The number of amides is 2. The SMILES string of the molecule is Cc1ccc(C)c(C(C)NC(=O)CNC(=O)c2ccccc2Cl)c1. The van der Waals surface area contributed by atoms with Gasteiger partial charge >= 0.3 is 0 Å². The normalized spacial score (nSPS) is 11.7. The van der Waals surface area contributed by atoms with Crippen LogP contribution >= 0.6 is 11.6 Å². The van der Waals surface area contributed by atoms with Crippen molar-refractivity contribution < 1.29 is 9.59 Å². The number of hydrogen-bond donors (Lipinski definition) is 2. The van der Waals surface area contributed by atoms with Crippen molar-refractivity contribution in [3.05, 3.63) is 69.7 Å². The fourth-order valence-corrected chi connectivity index (χ4v) is 2.72. The van der Waals surface area contributed by atoms with Crippen LogP contribution in [0.4, 0.5) is 0 Å². The zero-order valence-electron chi connectivity index (χ0n) is 14.0. The highest BCUT2D eigenvalue weighted by atomic mass is 35.5. The molecule has 24 heavy (non-hydrogen) atoms. The van der Waals surface area contributed by atoms with E-state index in [0.29, 0.717) is 10.6 Å². The molecule has 0 saturated heterocycles. The summed E-state index contributed by atoms with van der Waals surface area (Å²) in [5.74, 6) is -0.612. The summed E-state index contributed by atoms with van der Waals surface area (Å²) in [6.45, 7) is 5.85. The molecular weight excluding hydrogens is 324 g/mol. The highest BCUT2D eigenvalue weighted by molar-refractivity contribution is 6.33. The van der Waals surface area contributed by atoms with E-state index < -0.39 is 0 Å². The number of aryl methyl sites for hydroxylation is 2. The van der Waals surface area contributed by atoms with E-state index in [4.69, 9.17) is 11.6 Å². The van der Waals surface area contributed by atoms with Crippen molar-refractivity contribution in [3.8, 4) is 0 Å². The Bertz CT molecular complexity index is 759. The minimum Gasteiger partial charge on any atom is -0.348 e. The van der Waals surface area contributed by atoms with Crippen LogP contribution < -0.4 is 10.6 Å². The Morgan fingerprint density at radius 1 is 1.12 bits per heavy atom. The molecule has 0 saturated carbocycles. The summed E-state index contributed by atoms with van der Waals surface area (Å²) >= 11 is 5.97. The van der Waals surface area contributed by atoms with Gasteiger partial charge < -0.3 is 10.6 Å². The number of benzene rings is 2. The minimum atomic E-state index is -0.366. The molecule has 0 aliphatic carbocycles. The average molecular weight is 345 g/mol. The Morgan fingerprint density at radius 3 is 2.54 bits per heavy atom. The van der Waals surface area contributed by atoms with E-state index in [1.54, 1.807) is 24.3 Å². The summed E-state index contributed by atoms with van der Waals surface area (Å²) < 4.78 is 0. The minimum absolute atomic E-state index is 0.0980. The topological polar surface area (TPSA) is 58.2 Å². The molecule has 2 N–H and O–H groups in total. The van der Waals surface area contributed by atoms with Crippen LogP contribution in [0.1, 0.15) is 40.0 Å². The predicted molar refractivity (Wildman–Crippen MR) is 96.3 cm³/mol. The molecule has 2 aromatic rings. The smallest absolute Gasteiger partial charge is 0.253 e.